The van der Waals surface area contributed by atoms with E-state index in [1.54, 1.807) is 0 Å². The van der Waals surface area contributed by atoms with Gasteiger partial charge in [-0.2, -0.15) is 0 Å². The maximum Gasteiger partial charge on any atom is 0.122 e. The SMILES string of the molecule is CCCCCCCCCCC[C@@H](C[C@H](O)CC=O)OCc1ccccc1. The standard InChI is InChI=1S/C23H38O3/c1-2-3-4-5-6-7-8-9-13-16-23(19-22(25)17-18-24)26-20-21-14-11-10-12-15-21/h10-12,14-15,18,22-23,25H,2-9,13,16-17,19-20H2,1H3/t22-,23+/m1/s1. The highest BCUT2D eigenvalue weighted by Crippen LogP contribution is 2.17. The molecule has 2 atom stereocenters. The summed E-state index contributed by atoms with van der Waals surface area (Å²) in [7, 11) is 0. The van der Waals surface area contributed by atoms with Crippen LogP contribution in [0.15, 0.2) is 30.3 Å². The molecule has 0 bridgehead atoms. The average molecular weight is 363 g/mol. The van der Waals surface area contributed by atoms with Crippen molar-refractivity contribution in [3.05, 3.63) is 35.9 Å². The number of aliphatic hydroxyl groups is 1. The number of aldehydes is 1. The van der Waals surface area contributed by atoms with Gasteiger partial charge in [0.15, 0.2) is 0 Å². The molecular formula is C23H38O3. The van der Waals surface area contributed by atoms with Gasteiger partial charge in [-0.1, -0.05) is 95.0 Å². The first-order valence-electron chi connectivity index (χ1n) is 10.5. The smallest absolute Gasteiger partial charge is 0.122 e. The maximum atomic E-state index is 10.6. The zero-order chi connectivity index (χ0) is 18.9. The van der Waals surface area contributed by atoms with Crippen molar-refractivity contribution in [2.45, 2.75) is 103 Å². The van der Waals surface area contributed by atoms with Gasteiger partial charge in [0.25, 0.3) is 0 Å². The molecule has 0 heterocycles. The van der Waals surface area contributed by atoms with Crippen LogP contribution in [-0.2, 0) is 16.1 Å². The van der Waals surface area contributed by atoms with Crippen LogP contribution in [0.5, 0.6) is 0 Å². The van der Waals surface area contributed by atoms with Crippen LogP contribution in [0.1, 0.15) is 89.5 Å². The fourth-order valence-electron chi connectivity index (χ4n) is 3.25. The molecule has 26 heavy (non-hydrogen) atoms. The van der Waals surface area contributed by atoms with Gasteiger partial charge in [-0.25, -0.2) is 0 Å². The van der Waals surface area contributed by atoms with Crippen molar-refractivity contribution in [3.8, 4) is 0 Å². The van der Waals surface area contributed by atoms with Gasteiger partial charge in [-0.3, -0.25) is 0 Å². The first kappa shape index (κ1) is 22.9. The van der Waals surface area contributed by atoms with Gasteiger partial charge in [0, 0.05) is 6.42 Å². The fourth-order valence-corrected chi connectivity index (χ4v) is 3.25. The molecule has 3 nitrogen and oxygen atoms in total. The molecule has 0 aromatic heterocycles. The van der Waals surface area contributed by atoms with Crippen molar-refractivity contribution >= 4 is 6.29 Å². The van der Waals surface area contributed by atoms with Crippen LogP contribution in [0.2, 0.25) is 0 Å². The average Bonchev–Trinajstić information content (AvgIpc) is 2.65. The lowest BCUT2D eigenvalue weighted by Gasteiger charge is -2.20. The van der Waals surface area contributed by atoms with Crippen LogP contribution in [0, 0.1) is 0 Å². The number of ether oxygens (including phenoxy) is 1. The van der Waals surface area contributed by atoms with Gasteiger partial charge >= 0.3 is 0 Å². The van der Waals surface area contributed by atoms with Crippen LogP contribution in [0.3, 0.4) is 0 Å². The fraction of sp³-hybridized carbons (Fsp3) is 0.696. The van der Waals surface area contributed by atoms with E-state index in [0.717, 1.165) is 24.7 Å². The minimum atomic E-state index is -0.591. The zero-order valence-electron chi connectivity index (χ0n) is 16.6. The molecule has 1 aromatic rings. The summed E-state index contributed by atoms with van der Waals surface area (Å²) >= 11 is 0. The molecule has 1 N–H and O–H groups in total. The van der Waals surface area contributed by atoms with Crippen molar-refractivity contribution in [2.24, 2.45) is 0 Å². The predicted molar refractivity (Wildman–Crippen MR) is 108 cm³/mol. The Morgan fingerprint density at radius 1 is 0.962 bits per heavy atom. The van der Waals surface area contributed by atoms with E-state index in [-0.39, 0.29) is 12.5 Å². The second-order valence-corrected chi connectivity index (χ2v) is 7.33. The summed E-state index contributed by atoms with van der Waals surface area (Å²) in [4.78, 5) is 10.6. The minimum absolute atomic E-state index is 0.0229. The van der Waals surface area contributed by atoms with Gasteiger partial charge in [0.1, 0.15) is 6.29 Å². The quantitative estimate of drug-likeness (QED) is 0.280. The Bertz CT molecular complexity index is 432. The maximum absolute atomic E-state index is 10.6. The molecule has 0 aliphatic carbocycles. The van der Waals surface area contributed by atoms with E-state index in [2.05, 4.69) is 19.1 Å². The Balaban J connectivity index is 2.22. The third-order valence-electron chi connectivity index (χ3n) is 4.86. The van der Waals surface area contributed by atoms with Gasteiger partial charge < -0.3 is 14.6 Å². The van der Waals surface area contributed by atoms with Crippen LogP contribution >= 0.6 is 0 Å². The van der Waals surface area contributed by atoms with Crippen molar-refractivity contribution in [2.75, 3.05) is 0 Å². The van der Waals surface area contributed by atoms with E-state index in [4.69, 9.17) is 4.74 Å². The largest absolute Gasteiger partial charge is 0.393 e. The summed E-state index contributed by atoms with van der Waals surface area (Å²) in [5, 5.41) is 9.95. The molecule has 0 radical (unpaired) electrons. The monoisotopic (exact) mass is 362 g/mol. The third kappa shape index (κ3) is 12.2. The van der Waals surface area contributed by atoms with Crippen molar-refractivity contribution in [1.29, 1.82) is 0 Å². The molecule has 0 spiro atoms. The minimum Gasteiger partial charge on any atom is -0.393 e. The summed E-state index contributed by atoms with van der Waals surface area (Å²) in [5.41, 5.74) is 1.15. The van der Waals surface area contributed by atoms with Crippen molar-refractivity contribution < 1.29 is 14.6 Å². The van der Waals surface area contributed by atoms with Crippen LogP contribution in [-0.4, -0.2) is 23.6 Å². The summed E-state index contributed by atoms with van der Waals surface area (Å²) in [5.74, 6) is 0. The number of hydrogen-bond donors (Lipinski definition) is 1. The van der Waals surface area contributed by atoms with E-state index in [9.17, 15) is 9.90 Å². The predicted octanol–water partition coefficient (Wildman–Crippen LogP) is 5.83. The van der Waals surface area contributed by atoms with Crippen molar-refractivity contribution in [1.82, 2.24) is 0 Å². The summed E-state index contributed by atoms with van der Waals surface area (Å²) in [6.45, 7) is 2.82. The highest BCUT2D eigenvalue weighted by molar-refractivity contribution is 5.49. The summed E-state index contributed by atoms with van der Waals surface area (Å²) in [6.07, 6.45) is 13.7. The normalized spacial score (nSPS) is 13.5. The molecule has 0 saturated carbocycles. The van der Waals surface area contributed by atoms with Crippen molar-refractivity contribution in [3.63, 3.8) is 0 Å². The van der Waals surface area contributed by atoms with E-state index < -0.39 is 6.10 Å². The van der Waals surface area contributed by atoms with E-state index in [1.807, 2.05) is 18.2 Å². The van der Waals surface area contributed by atoms with E-state index in [1.165, 1.54) is 51.4 Å². The number of carbonyl (C=O) groups excluding carboxylic acids is 1. The van der Waals surface area contributed by atoms with E-state index in [0.29, 0.717) is 13.0 Å². The zero-order valence-corrected chi connectivity index (χ0v) is 16.6. The van der Waals surface area contributed by atoms with Gasteiger partial charge in [0.2, 0.25) is 0 Å². The first-order chi connectivity index (χ1) is 12.8. The Morgan fingerprint density at radius 2 is 1.58 bits per heavy atom. The number of benzene rings is 1. The molecule has 0 aliphatic heterocycles. The van der Waals surface area contributed by atoms with Crippen LogP contribution in [0.4, 0.5) is 0 Å². The van der Waals surface area contributed by atoms with Gasteiger partial charge in [-0.05, 0) is 18.4 Å². The lowest BCUT2D eigenvalue weighted by Crippen LogP contribution is -2.21. The highest BCUT2D eigenvalue weighted by atomic mass is 16.5. The molecule has 3 heteroatoms. The Kier molecular flexibility index (Phi) is 14.1. The molecule has 0 aliphatic rings. The topological polar surface area (TPSA) is 46.5 Å². The van der Waals surface area contributed by atoms with Gasteiger partial charge in [-0.15, -0.1) is 0 Å². The second-order valence-electron chi connectivity index (χ2n) is 7.33. The molecule has 0 saturated heterocycles. The number of unbranched alkanes of at least 4 members (excludes halogenated alkanes) is 8. The number of rotatable bonds is 17. The Morgan fingerprint density at radius 3 is 2.19 bits per heavy atom. The van der Waals surface area contributed by atoms with Crippen LogP contribution in [0.25, 0.3) is 0 Å². The molecule has 1 aromatic carbocycles. The molecule has 0 amide bonds. The lowest BCUT2D eigenvalue weighted by atomic mass is 10.0. The molecular weight excluding hydrogens is 324 g/mol. The lowest BCUT2D eigenvalue weighted by molar-refractivity contribution is -0.110. The highest BCUT2D eigenvalue weighted by Gasteiger charge is 2.15. The second kappa shape index (κ2) is 16.0. The van der Waals surface area contributed by atoms with Gasteiger partial charge in [0.05, 0.1) is 18.8 Å². The number of carbonyl (C=O) groups is 1. The molecule has 0 unspecified atom stereocenters. The molecule has 148 valence electrons. The number of hydrogen-bond acceptors (Lipinski definition) is 3. The molecule has 1 rings (SSSR count). The molecule has 0 fully saturated rings. The van der Waals surface area contributed by atoms with E-state index >= 15 is 0 Å². The Labute approximate surface area is 160 Å². The Hall–Kier alpha value is -1.19. The number of aliphatic hydroxyl groups excluding tert-OH is 1. The summed E-state index contributed by atoms with van der Waals surface area (Å²) < 4.78 is 6.04. The summed E-state index contributed by atoms with van der Waals surface area (Å²) in [6, 6.07) is 10.1. The van der Waals surface area contributed by atoms with Crippen LogP contribution < -0.4 is 0 Å². The third-order valence-corrected chi connectivity index (χ3v) is 4.86. The first-order valence-corrected chi connectivity index (χ1v) is 10.5.